The highest BCUT2D eigenvalue weighted by Crippen LogP contribution is 2.40. The van der Waals surface area contributed by atoms with E-state index >= 15 is 0 Å². The Balaban J connectivity index is 1.65. The Kier molecular flexibility index (Phi) is 5.84. The molecular formula is C23H28N4. The molecule has 1 aliphatic rings. The van der Waals surface area contributed by atoms with Crippen LogP contribution in [-0.2, 0) is 0 Å². The van der Waals surface area contributed by atoms with Gasteiger partial charge in [-0.05, 0) is 60.1 Å². The number of nitrogens with zero attached hydrogens (tertiary/aromatic N) is 3. The van der Waals surface area contributed by atoms with E-state index < -0.39 is 0 Å². The molecule has 1 aromatic carbocycles. The summed E-state index contributed by atoms with van der Waals surface area (Å²) in [4.78, 5) is 0. The Morgan fingerprint density at radius 2 is 1.93 bits per heavy atom. The van der Waals surface area contributed by atoms with Crippen molar-refractivity contribution in [1.82, 2.24) is 20.6 Å². The lowest BCUT2D eigenvalue weighted by atomic mass is 9.72. The fourth-order valence-corrected chi connectivity index (χ4v) is 3.63. The largest absolute Gasteiger partial charge is 0.239 e. The molecule has 27 heavy (non-hydrogen) atoms. The Morgan fingerprint density at radius 1 is 1.15 bits per heavy atom. The number of allylic oxidation sites excluding steroid dienone is 7. The number of hydrogen-bond acceptors (Lipinski definition) is 3. The van der Waals surface area contributed by atoms with E-state index in [2.05, 4.69) is 90.8 Å². The lowest BCUT2D eigenvalue weighted by Crippen LogP contribution is -2.19. The monoisotopic (exact) mass is 360 g/mol. The predicted molar refractivity (Wildman–Crippen MR) is 112 cm³/mol. The normalized spacial score (nSPS) is 18.0. The molecule has 140 valence electrons. The van der Waals surface area contributed by atoms with Crippen molar-refractivity contribution in [2.75, 3.05) is 0 Å². The van der Waals surface area contributed by atoms with Crippen LogP contribution in [0.15, 0.2) is 65.3 Å². The number of aromatic amines is 1. The molecule has 1 aliphatic carbocycles. The minimum Gasteiger partial charge on any atom is -0.239 e. The topological polar surface area (TPSA) is 54.5 Å². The summed E-state index contributed by atoms with van der Waals surface area (Å²) in [5, 5.41) is 13.9. The number of hydrogen-bond donors (Lipinski definition) is 1. The van der Waals surface area contributed by atoms with E-state index in [9.17, 15) is 0 Å². The van der Waals surface area contributed by atoms with Gasteiger partial charge in [-0.1, -0.05) is 79.6 Å². The van der Waals surface area contributed by atoms with Gasteiger partial charge in [0.05, 0.1) is 0 Å². The minimum atomic E-state index is 0.287. The first-order chi connectivity index (χ1) is 13.0. The van der Waals surface area contributed by atoms with Crippen LogP contribution in [0.1, 0.15) is 52.5 Å². The van der Waals surface area contributed by atoms with Crippen molar-refractivity contribution >= 4 is 6.08 Å². The van der Waals surface area contributed by atoms with E-state index in [1.54, 1.807) is 0 Å². The second kappa shape index (κ2) is 8.30. The molecular weight excluding hydrogens is 332 g/mol. The second-order valence-corrected chi connectivity index (χ2v) is 7.91. The maximum atomic E-state index is 3.92. The van der Waals surface area contributed by atoms with Crippen molar-refractivity contribution in [2.24, 2.45) is 5.41 Å². The molecule has 0 saturated carbocycles. The summed E-state index contributed by atoms with van der Waals surface area (Å²) < 4.78 is 0. The molecule has 0 bridgehead atoms. The van der Waals surface area contributed by atoms with Gasteiger partial charge in [0.25, 0.3) is 0 Å². The van der Waals surface area contributed by atoms with Gasteiger partial charge < -0.3 is 0 Å². The van der Waals surface area contributed by atoms with Gasteiger partial charge >= 0.3 is 0 Å². The van der Waals surface area contributed by atoms with Gasteiger partial charge in [-0.25, -0.2) is 5.10 Å². The van der Waals surface area contributed by atoms with E-state index in [4.69, 9.17) is 0 Å². The van der Waals surface area contributed by atoms with E-state index in [1.165, 1.54) is 36.0 Å². The van der Waals surface area contributed by atoms with Crippen LogP contribution in [0.3, 0.4) is 0 Å². The SMILES string of the molecule is CC1=C(/C=C/C(C)=C/C=C/c2ccc(-c3nnn[nH]3)cc2)C(C)(C)CCC1. The van der Waals surface area contributed by atoms with Gasteiger partial charge in [0, 0.05) is 5.56 Å². The molecule has 0 saturated heterocycles. The zero-order valence-electron chi connectivity index (χ0n) is 16.7. The van der Waals surface area contributed by atoms with E-state index in [0.29, 0.717) is 5.82 Å². The first kappa shape index (κ1) is 19.0. The maximum absolute atomic E-state index is 3.92. The molecule has 2 aromatic rings. The first-order valence-electron chi connectivity index (χ1n) is 9.53. The molecule has 0 radical (unpaired) electrons. The summed E-state index contributed by atoms with van der Waals surface area (Å²) in [7, 11) is 0. The van der Waals surface area contributed by atoms with E-state index in [0.717, 1.165) is 11.1 Å². The fraction of sp³-hybridized carbons (Fsp3) is 0.348. The number of rotatable bonds is 5. The predicted octanol–water partition coefficient (Wildman–Crippen LogP) is 5.91. The highest BCUT2D eigenvalue weighted by molar-refractivity contribution is 5.59. The molecule has 0 fully saturated rings. The average molecular weight is 361 g/mol. The summed E-state index contributed by atoms with van der Waals surface area (Å²) in [5.74, 6) is 0.682. The van der Waals surface area contributed by atoms with Crippen molar-refractivity contribution in [2.45, 2.75) is 47.0 Å². The second-order valence-electron chi connectivity index (χ2n) is 7.91. The Hall–Kier alpha value is -2.75. The number of nitrogens with one attached hydrogen (secondary N) is 1. The van der Waals surface area contributed by atoms with Crippen LogP contribution >= 0.6 is 0 Å². The molecule has 0 spiro atoms. The lowest BCUT2D eigenvalue weighted by Gasteiger charge is -2.32. The van der Waals surface area contributed by atoms with E-state index in [1.807, 2.05) is 12.1 Å². The summed E-state index contributed by atoms with van der Waals surface area (Å²) in [6.45, 7) is 9.13. The standard InChI is InChI=1S/C23H28N4/c1-17(10-15-21-18(2)8-6-16-23(21,3)4)7-5-9-19-11-13-20(14-12-19)22-24-26-27-25-22/h5,7,9-15H,6,8,16H2,1-4H3,(H,24,25,26,27)/b9-5+,15-10+,17-7+. The minimum absolute atomic E-state index is 0.287. The quantitative estimate of drug-likeness (QED) is 0.674. The molecule has 1 aromatic heterocycles. The number of benzene rings is 1. The summed E-state index contributed by atoms with van der Waals surface area (Å²) in [5.41, 5.74) is 6.69. The number of tetrazole rings is 1. The molecule has 0 amide bonds. The van der Waals surface area contributed by atoms with Crippen molar-refractivity contribution < 1.29 is 0 Å². The summed E-state index contributed by atoms with van der Waals surface area (Å²) in [6, 6.07) is 8.15. The lowest BCUT2D eigenvalue weighted by molar-refractivity contribution is 0.377. The summed E-state index contributed by atoms with van der Waals surface area (Å²) in [6.07, 6.45) is 14.7. The molecule has 0 atom stereocenters. The Bertz CT molecular complexity index is 879. The molecule has 1 N–H and O–H groups in total. The third-order valence-corrected chi connectivity index (χ3v) is 5.23. The van der Waals surface area contributed by atoms with Crippen LogP contribution in [0.2, 0.25) is 0 Å². The van der Waals surface area contributed by atoms with Crippen LogP contribution in [0, 0.1) is 5.41 Å². The van der Waals surface area contributed by atoms with Crippen LogP contribution in [0.4, 0.5) is 0 Å². The molecule has 1 heterocycles. The van der Waals surface area contributed by atoms with Gasteiger partial charge in [0.1, 0.15) is 0 Å². The molecule has 3 rings (SSSR count). The average Bonchev–Trinajstić information content (AvgIpc) is 3.16. The van der Waals surface area contributed by atoms with Crippen molar-refractivity contribution in [3.8, 4) is 11.4 Å². The van der Waals surface area contributed by atoms with Crippen LogP contribution in [0.5, 0.6) is 0 Å². The Morgan fingerprint density at radius 3 is 2.59 bits per heavy atom. The van der Waals surface area contributed by atoms with Crippen LogP contribution in [0.25, 0.3) is 17.5 Å². The van der Waals surface area contributed by atoms with Crippen LogP contribution in [-0.4, -0.2) is 20.6 Å². The highest BCUT2D eigenvalue weighted by Gasteiger charge is 2.26. The van der Waals surface area contributed by atoms with Gasteiger partial charge in [-0.15, -0.1) is 5.10 Å². The molecule has 0 unspecified atom stereocenters. The van der Waals surface area contributed by atoms with Crippen LogP contribution < -0.4 is 0 Å². The van der Waals surface area contributed by atoms with Crippen molar-refractivity contribution in [3.05, 3.63) is 70.9 Å². The molecule has 0 aliphatic heterocycles. The highest BCUT2D eigenvalue weighted by atomic mass is 15.5. The Labute approximate surface area is 161 Å². The van der Waals surface area contributed by atoms with Gasteiger partial charge in [-0.2, -0.15) is 0 Å². The van der Waals surface area contributed by atoms with Gasteiger partial charge in [0.15, 0.2) is 5.82 Å². The number of aromatic nitrogens is 4. The third kappa shape index (κ3) is 4.91. The van der Waals surface area contributed by atoms with Crippen molar-refractivity contribution in [1.29, 1.82) is 0 Å². The smallest absolute Gasteiger partial charge is 0.179 e. The van der Waals surface area contributed by atoms with E-state index in [-0.39, 0.29) is 5.41 Å². The van der Waals surface area contributed by atoms with Gasteiger partial charge in [0.2, 0.25) is 0 Å². The fourth-order valence-electron chi connectivity index (χ4n) is 3.63. The zero-order chi connectivity index (χ0) is 19.3. The zero-order valence-corrected chi connectivity index (χ0v) is 16.7. The first-order valence-corrected chi connectivity index (χ1v) is 9.53. The summed E-state index contributed by atoms with van der Waals surface area (Å²) >= 11 is 0. The maximum Gasteiger partial charge on any atom is 0.179 e. The number of H-pyrrole nitrogens is 1. The third-order valence-electron chi connectivity index (χ3n) is 5.23. The molecule has 4 heteroatoms. The van der Waals surface area contributed by atoms with Crippen molar-refractivity contribution in [3.63, 3.8) is 0 Å². The van der Waals surface area contributed by atoms with Gasteiger partial charge in [-0.3, -0.25) is 0 Å². The molecule has 4 nitrogen and oxygen atoms in total.